The predicted octanol–water partition coefficient (Wildman–Crippen LogP) is 2.13. The third-order valence-corrected chi connectivity index (χ3v) is 2.46. The lowest BCUT2D eigenvalue weighted by molar-refractivity contribution is -0.143. The fourth-order valence-corrected chi connectivity index (χ4v) is 1.74. The summed E-state index contributed by atoms with van der Waals surface area (Å²) in [5.74, 6) is -0.207. The second kappa shape index (κ2) is 4.79. The van der Waals surface area contributed by atoms with Gasteiger partial charge in [-0.15, -0.1) is 0 Å². The summed E-state index contributed by atoms with van der Waals surface area (Å²) in [6.45, 7) is 2.21. The van der Waals surface area contributed by atoms with E-state index in [9.17, 15) is 4.79 Å². The molecule has 0 spiro atoms. The molecule has 0 radical (unpaired) electrons. The molecule has 1 aromatic carbocycles. The fraction of sp³-hybridized carbons (Fsp3) is 0.333. The summed E-state index contributed by atoms with van der Waals surface area (Å²) >= 11 is 0. The van der Waals surface area contributed by atoms with E-state index in [4.69, 9.17) is 4.74 Å². The normalized spacial score (nSPS) is 17.4. The van der Waals surface area contributed by atoms with Crippen LogP contribution in [0.3, 0.4) is 0 Å². The lowest BCUT2D eigenvalue weighted by atomic mass is 10.0. The summed E-state index contributed by atoms with van der Waals surface area (Å²) in [6.07, 6.45) is 1.93. The summed E-state index contributed by atoms with van der Waals surface area (Å²) in [5.41, 5.74) is 2.05. The molecule has 4 nitrogen and oxygen atoms in total. The number of fused-ring (bicyclic) bond motifs is 1. The fourth-order valence-electron chi connectivity index (χ4n) is 1.74. The molecule has 1 aliphatic heterocycles. The number of rotatable bonds is 3. The van der Waals surface area contributed by atoms with Crippen molar-refractivity contribution in [3.05, 3.63) is 29.8 Å². The number of carbonyl (C=O) groups is 1. The zero-order chi connectivity index (χ0) is 11.4. The summed E-state index contributed by atoms with van der Waals surface area (Å²) in [4.78, 5) is 15.7. The molecule has 0 fully saturated rings. The first-order valence-electron chi connectivity index (χ1n) is 5.34. The number of benzene rings is 1. The first kappa shape index (κ1) is 10.7. The lowest BCUT2D eigenvalue weighted by Crippen LogP contribution is -2.15. The molecule has 0 saturated heterocycles. The van der Waals surface area contributed by atoms with E-state index in [2.05, 4.69) is 10.3 Å². The molecule has 2 rings (SSSR count). The highest BCUT2D eigenvalue weighted by Crippen LogP contribution is 2.30. The minimum atomic E-state index is -0.207. The number of nitrogens with zero attached hydrogens (tertiary/aromatic N) is 1. The molecule has 1 atom stereocenters. The first-order valence-corrected chi connectivity index (χ1v) is 5.34. The number of carbonyl (C=O) groups excluding carboxylic acids is 1. The lowest BCUT2D eigenvalue weighted by Gasteiger charge is -2.20. The van der Waals surface area contributed by atoms with Crippen molar-refractivity contribution in [3.8, 4) is 0 Å². The average molecular weight is 218 g/mol. The van der Waals surface area contributed by atoms with Crippen LogP contribution in [0.4, 0.5) is 5.69 Å². The van der Waals surface area contributed by atoms with Crippen LogP contribution in [0.2, 0.25) is 0 Å². The van der Waals surface area contributed by atoms with Crippen molar-refractivity contribution >= 4 is 18.0 Å². The van der Waals surface area contributed by atoms with E-state index in [0.717, 1.165) is 11.3 Å². The van der Waals surface area contributed by atoms with Crippen LogP contribution in [0, 0.1) is 0 Å². The van der Waals surface area contributed by atoms with Gasteiger partial charge in [-0.05, 0) is 13.0 Å². The molecule has 1 unspecified atom stereocenters. The SMILES string of the molecule is CCOC(=O)CC1N=CNc2ccccc21. The Morgan fingerprint density at radius 1 is 1.50 bits per heavy atom. The van der Waals surface area contributed by atoms with Crippen molar-refractivity contribution in [2.45, 2.75) is 19.4 Å². The average Bonchev–Trinajstić information content (AvgIpc) is 2.30. The van der Waals surface area contributed by atoms with Gasteiger partial charge in [0.25, 0.3) is 0 Å². The second-order valence-electron chi connectivity index (χ2n) is 3.53. The number of anilines is 1. The number of para-hydroxylation sites is 1. The van der Waals surface area contributed by atoms with Crippen molar-refractivity contribution in [1.82, 2.24) is 0 Å². The molecule has 0 saturated carbocycles. The largest absolute Gasteiger partial charge is 0.466 e. The smallest absolute Gasteiger partial charge is 0.308 e. The van der Waals surface area contributed by atoms with E-state index in [-0.39, 0.29) is 12.0 Å². The third kappa shape index (κ3) is 2.21. The van der Waals surface area contributed by atoms with Gasteiger partial charge in [0.05, 0.1) is 25.4 Å². The molecule has 0 amide bonds. The Labute approximate surface area is 94.3 Å². The van der Waals surface area contributed by atoms with Crippen molar-refractivity contribution in [3.63, 3.8) is 0 Å². The Balaban J connectivity index is 2.13. The zero-order valence-corrected chi connectivity index (χ0v) is 9.14. The molecular formula is C12H14N2O2. The molecule has 16 heavy (non-hydrogen) atoms. The molecule has 1 N–H and O–H groups in total. The Morgan fingerprint density at radius 2 is 2.31 bits per heavy atom. The quantitative estimate of drug-likeness (QED) is 0.791. The van der Waals surface area contributed by atoms with Crippen LogP contribution in [0.25, 0.3) is 0 Å². The van der Waals surface area contributed by atoms with Crippen molar-refractivity contribution in [2.75, 3.05) is 11.9 Å². The third-order valence-electron chi connectivity index (χ3n) is 2.46. The number of nitrogens with one attached hydrogen (secondary N) is 1. The first-order chi connectivity index (χ1) is 7.81. The van der Waals surface area contributed by atoms with E-state index in [1.807, 2.05) is 24.3 Å². The maximum Gasteiger partial charge on any atom is 0.308 e. The predicted molar refractivity (Wildman–Crippen MR) is 62.5 cm³/mol. The van der Waals surface area contributed by atoms with Crippen LogP contribution >= 0.6 is 0 Å². The monoisotopic (exact) mass is 218 g/mol. The Kier molecular flexibility index (Phi) is 3.19. The Hall–Kier alpha value is -1.84. The van der Waals surface area contributed by atoms with Gasteiger partial charge in [0, 0.05) is 11.3 Å². The Morgan fingerprint density at radius 3 is 3.12 bits per heavy atom. The molecule has 0 aromatic heterocycles. The Bertz CT molecular complexity index is 415. The molecular weight excluding hydrogens is 204 g/mol. The van der Waals surface area contributed by atoms with E-state index < -0.39 is 0 Å². The van der Waals surface area contributed by atoms with Gasteiger partial charge in [0.1, 0.15) is 0 Å². The molecule has 4 heteroatoms. The van der Waals surface area contributed by atoms with Gasteiger partial charge in [-0.3, -0.25) is 9.79 Å². The standard InChI is InChI=1S/C12H14N2O2/c1-2-16-12(15)7-11-9-5-3-4-6-10(9)13-8-14-11/h3-6,8,11H,2,7H2,1H3,(H,13,14). The molecule has 1 aromatic rings. The van der Waals surface area contributed by atoms with Gasteiger partial charge < -0.3 is 10.1 Å². The highest BCUT2D eigenvalue weighted by atomic mass is 16.5. The second-order valence-corrected chi connectivity index (χ2v) is 3.53. The minimum absolute atomic E-state index is 0.128. The van der Waals surface area contributed by atoms with Gasteiger partial charge >= 0.3 is 5.97 Å². The van der Waals surface area contributed by atoms with Gasteiger partial charge in [-0.25, -0.2) is 0 Å². The summed E-state index contributed by atoms with van der Waals surface area (Å²) in [7, 11) is 0. The highest BCUT2D eigenvalue weighted by Gasteiger charge is 2.20. The van der Waals surface area contributed by atoms with Crippen molar-refractivity contribution in [2.24, 2.45) is 4.99 Å². The topological polar surface area (TPSA) is 50.7 Å². The van der Waals surface area contributed by atoms with Crippen LogP contribution in [-0.4, -0.2) is 18.9 Å². The van der Waals surface area contributed by atoms with Crippen LogP contribution in [0.15, 0.2) is 29.3 Å². The molecule has 0 bridgehead atoms. The van der Waals surface area contributed by atoms with Crippen molar-refractivity contribution in [1.29, 1.82) is 0 Å². The van der Waals surface area contributed by atoms with E-state index >= 15 is 0 Å². The van der Waals surface area contributed by atoms with Crippen molar-refractivity contribution < 1.29 is 9.53 Å². The maximum absolute atomic E-state index is 11.4. The van der Waals surface area contributed by atoms with Gasteiger partial charge in [-0.2, -0.15) is 0 Å². The number of esters is 1. The summed E-state index contributed by atoms with van der Waals surface area (Å²) < 4.78 is 4.93. The van der Waals surface area contributed by atoms with Crippen LogP contribution in [0.1, 0.15) is 24.9 Å². The van der Waals surface area contributed by atoms with Gasteiger partial charge in [0.2, 0.25) is 0 Å². The van der Waals surface area contributed by atoms with Gasteiger partial charge in [0.15, 0.2) is 0 Å². The van der Waals surface area contributed by atoms with Crippen LogP contribution < -0.4 is 5.32 Å². The maximum atomic E-state index is 11.4. The molecule has 1 aliphatic rings. The number of hydrogen-bond acceptors (Lipinski definition) is 4. The summed E-state index contributed by atoms with van der Waals surface area (Å²) in [6, 6.07) is 7.71. The molecule has 1 heterocycles. The number of ether oxygens (including phenoxy) is 1. The zero-order valence-electron chi connectivity index (χ0n) is 9.14. The highest BCUT2D eigenvalue weighted by molar-refractivity contribution is 5.81. The van der Waals surface area contributed by atoms with Crippen LogP contribution in [-0.2, 0) is 9.53 Å². The van der Waals surface area contributed by atoms with Crippen LogP contribution in [0.5, 0.6) is 0 Å². The van der Waals surface area contributed by atoms with E-state index in [0.29, 0.717) is 13.0 Å². The van der Waals surface area contributed by atoms with E-state index in [1.54, 1.807) is 13.3 Å². The number of aliphatic imine (C=N–C) groups is 1. The van der Waals surface area contributed by atoms with E-state index in [1.165, 1.54) is 0 Å². The molecule has 84 valence electrons. The van der Waals surface area contributed by atoms with Gasteiger partial charge in [-0.1, -0.05) is 18.2 Å². The minimum Gasteiger partial charge on any atom is -0.466 e. The number of hydrogen-bond donors (Lipinski definition) is 1. The molecule has 0 aliphatic carbocycles. The summed E-state index contributed by atoms with van der Waals surface area (Å²) in [5, 5.41) is 3.05.